The molecule has 0 atom stereocenters. The summed E-state index contributed by atoms with van der Waals surface area (Å²) in [6, 6.07) is 0. The van der Waals surface area contributed by atoms with E-state index >= 15 is 0 Å². The van der Waals surface area contributed by atoms with Crippen LogP contribution < -0.4 is 11.2 Å². The third-order valence-electron chi connectivity index (χ3n) is 2.65. The minimum atomic E-state index is -0.605. The zero-order valence-electron chi connectivity index (χ0n) is 14.6. The van der Waals surface area contributed by atoms with Crippen LogP contribution in [0.5, 0.6) is 0 Å². The van der Waals surface area contributed by atoms with Crippen molar-refractivity contribution in [3.05, 3.63) is 23.7 Å². The highest BCUT2D eigenvalue weighted by atomic mass is 16.6. The number of ether oxygens (including phenoxy) is 2. The first kappa shape index (κ1) is 21.1. The maximum atomic E-state index is 11.9. The maximum Gasteiger partial charge on any atom is 0.345 e. The van der Waals surface area contributed by atoms with Crippen molar-refractivity contribution in [1.82, 2.24) is 5.32 Å². The fourth-order valence-electron chi connectivity index (χ4n) is 1.48. The standard InChI is InChI=1S/C16H29N3O4/c1-6-21-15(20)13(9-17)14(22-10-12(2)3)19-8-7-16(4,5)11-23-18/h7-9,12,17,19H,6,10-11,18H2,1-5H3/b8-7+,14-13-,17-9?. The molecule has 0 radical (unpaired) electrons. The second-order valence-electron chi connectivity index (χ2n) is 6.09. The van der Waals surface area contributed by atoms with Crippen LogP contribution in [0, 0.1) is 16.7 Å². The lowest BCUT2D eigenvalue weighted by atomic mass is 9.95. The van der Waals surface area contributed by atoms with Crippen LogP contribution in [0.1, 0.15) is 34.6 Å². The van der Waals surface area contributed by atoms with Gasteiger partial charge in [0.15, 0.2) is 0 Å². The Morgan fingerprint density at radius 3 is 2.48 bits per heavy atom. The van der Waals surface area contributed by atoms with Gasteiger partial charge in [-0.25, -0.2) is 10.7 Å². The van der Waals surface area contributed by atoms with Gasteiger partial charge in [0.05, 0.1) is 19.8 Å². The van der Waals surface area contributed by atoms with Gasteiger partial charge in [-0.15, -0.1) is 0 Å². The molecule has 0 unspecified atom stereocenters. The highest BCUT2D eigenvalue weighted by molar-refractivity contribution is 6.08. The molecule has 0 heterocycles. The minimum absolute atomic E-state index is 0.0324. The molecule has 23 heavy (non-hydrogen) atoms. The molecule has 7 nitrogen and oxygen atoms in total. The SMILES string of the molecule is CCOC(=O)/C(C=N)=C(/N/C=C/C(C)(C)CON)OCC(C)C. The summed E-state index contributed by atoms with van der Waals surface area (Å²) < 4.78 is 10.5. The van der Waals surface area contributed by atoms with E-state index < -0.39 is 5.97 Å². The Morgan fingerprint density at radius 1 is 1.35 bits per heavy atom. The second-order valence-corrected chi connectivity index (χ2v) is 6.09. The Bertz CT molecular complexity index is 443. The molecule has 132 valence electrons. The molecule has 0 bridgehead atoms. The van der Waals surface area contributed by atoms with E-state index in [4.69, 9.17) is 20.8 Å². The van der Waals surface area contributed by atoms with E-state index in [-0.39, 0.29) is 29.4 Å². The predicted octanol–water partition coefficient (Wildman–Crippen LogP) is 2.10. The molecule has 7 heteroatoms. The summed E-state index contributed by atoms with van der Waals surface area (Å²) in [6.07, 6.45) is 4.39. The molecule has 0 aromatic carbocycles. The van der Waals surface area contributed by atoms with Crippen LogP contribution in [0.15, 0.2) is 23.7 Å². The third kappa shape index (κ3) is 9.00. The van der Waals surface area contributed by atoms with Gasteiger partial charge in [-0.1, -0.05) is 33.8 Å². The van der Waals surface area contributed by atoms with Crippen molar-refractivity contribution in [2.45, 2.75) is 34.6 Å². The van der Waals surface area contributed by atoms with Crippen LogP contribution in [0.4, 0.5) is 0 Å². The number of hydrogen-bond acceptors (Lipinski definition) is 7. The summed E-state index contributed by atoms with van der Waals surface area (Å²) in [5, 5.41) is 10.4. The molecule has 0 rings (SSSR count). The van der Waals surface area contributed by atoms with E-state index in [9.17, 15) is 4.79 Å². The van der Waals surface area contributed by atoms with Gasteiger partial charge in [-0.05, 0) is 12.8 Å². The van der Waals surface area contributed by atoms with Crippen molar-refractivity contribution in [2.75, 3.05) is 19.8 Å². The number of esters is 1. The van der Waals surface area contributed by atoms with Crippen LogP contribution in [0.25, 0.3) is 0 Å². The van der Waals surface area contributed by atoms with Crippen molar-refractivity contribution in [2.24, 2.45) is 17.2 Å². The van der Waals surface area contributed by atoms with E-state index in [0.29, 0.717) is 13.2 Å². The molecule has 0 spiro atoms. The summed E-state index contributed by atoms with van der Waals surface area (Å²) in [5.41, 5.74) is -0.260. The Kier molecular flexibility index (Phi) is 9.92. The Morgan fingerprint density at radius 2 is 2.00 bits per heavy atom. The van der Waals surface area contributed by atoms with E-state index in [1.165, 1.54) is 0 Å². The molecule has 0 amide bonds. The summed E-state index contributed by atoms with van der Waals surface area (Å²) in [6.45, 7) is 10.5. The number of nitrogens with one attached hydrogen (secondary N) is 2. The van der Waals surface area contributed by atoms with Gasteiger partial charge in [0.25, 0.3) is 0 Å². The summed E-state index contributed by atoms with van der Waals surface area (Å²) >= 11 is 0. The zero-order valence-corrected chi connectivity index (χ0v) is 14.6. The second kappa shape index (κ2) is 10.8. The topological polar surface area (TPSA) is 107 Å². The average molecular weight is 327 g/mol. The number of hydrogen-bond donors (Lipinski definition) is 3. The normalized spacial score (nSPS) is 13.0. The van der Waals surface area contributed by atoms with Crippen molar-refractivity contribution in [1.29, 1.82) is 5.41 Å². The highest BCUT2D eigenvalue weighted by Crippen LogP contribution is 2.16. The lowest BCUT2D eigenvalue weighted by Gasteiger charge is -2.19. The van der Waals surface area contributed by atoms with Crippen LogP contribution in [0.2, 0.25) is 0 Å². The first-order chi connectivity index (χ1) is 10.8. The molecule has 0 aromatic heterocycles. The highest BCUT2D eigenvalue weighted by Gasteiger charge is 2.17. The quantitative estimate of drug-likeness (QED) is 0.176. The summed E-state index contributed by atoms with van der Waals surface area (Å²) in [7, 11) is 0. The molecule has 0 fully saturated rings. The van der Waals surface area contributed by atoms with Gasteiger partial charge >= 0.3 is 5.97 Å². The maximum absolute atomic E-state index is 11.9. The van der Waals surface area contributed by atoms with Crippen molar-refractivity contribution < 1.29 is 19.1 Å². The molecular weight excluding hydrogens is 298 g/mol. The Labute approximate surface area is 138 Å². The first-order valence-electron chi connectivity index (χ1n) is 7.58. The third-order valence-corrected chi connectivity index (χ3v) is 2.65. The Balaban J connectivity index is 5.23. The molecule has 0 aliphatic heterocycles. The van der Waals surface area contributed by atoms with E-state index in [1.54, 1.807) is 13.1 Å². The number of rotatable bonds is 11. The van der Waals surface area contributed by atoms with Gasteiger partial charge in [-0.2, -0.15) is 0 Å². The van der Waals surface area contributed by atoms with E-state index in [0.717, 1.165) is 6.21 Å². The largest absolute Gasteiger partial charge is 0.478 e. The zero-order chi connectivity index (χ0) is 17.9. The van der Waals surface area contributed by atoms with Crippen LogP contribution in [-0.4, -0.2) is 32.0 Å². The fourth-order valence-corrected chi connectivity index (χ4v) is 1.48. The van der Waals surface area contributed by atoms with Crippen molar-refractivity contribution in [3.63, 3.8) is 0 Å². The molecule has 0 saturated heterocycles. The number of carbonyl (C=O) groups is 1. The smallest absolute Gasteiger partial charge is 0.345 e. The number of nitrogens with two attached hydrogens (primary N) is 1. The van der Waals surface area contributed by atoms with Crippen LogP contribution in [-0.2, 0) is 19.1 Å². The van der Waals surface area contributed by atoms with Gasteiger partial charge in [0.1, 0.15) is 5.57 Å². The number of carbonyl (C=O) groups excluding carboxylic acids is 1. The first-order valence-corrected chi connectivity index (χ1v) is 7.58. The minimum Gasteiger partial charge on any atom is -0.478 e. The van der Waals surface area contributed by atoms with E-state index in [2.05, 4.69) is 10.2 Å². The van der Waals surface area contributed by atoms with Gasteiger partial charge < -0.3 is 25.0 Å². The molecule has 0 saturated carbocycles. The van der Waals surface area contributed by atoms with Gasteiger partial charge in [0.2, 0.25) is 5.88 Å². The van der Waals surface area contributed by atoms with Crippen LogP contribution >= 0.6 is 0 Å². The van der Waals surface area contributed by atoms with E-state index in [1.807, 2.05) is 33.8 Å². The molecule has 4 N–H and O–H groups in total. The van der Waals surface area contributed by atoms with Crippen LogP contribution in [0.3, 0.4) is 0 Å². The lowest BCUT2D eigenvalue weighted by molar-refractivity contribution is -0.138. The average Bonchev–Trinajstić information content (AvgIpc) is 2.44. The molecule has 0 aromatic rings. The predicted molar refractivity (Wildman–Crippen MR) is 89.4 cm³/mol. The lowest BCUT2D eigenvalue weighted by Crippen LogP contribution is -2.23. The fraction of sp³-hybridized carbons (Fsp3) is 0.625. The van der Waals surface area contributed by atoms with Gasteiger partial charge in [0, 0.05) is 17.8 Å². The molecular formula is C16H29N3O4. The molecule has 0 aliphatic rings. The summed E-state index contributed by atoms with van der Waals surface area (Å²) in [5.74, 6) is 4.94. The van der Waals surface area contributed by atoms with Crippen molar-refractivity contribution >= 4 is 12.2 Å². The molecule has 0 aliphatic carbocycles. The van der Waals surface area contributed by atoms with Gasteiger partial charge in [-0.3, -0.25) is 0 Å². The Hall–Kier alpha value is -1.86. The monoisotopic (exact) mass is 327 g/mol. The van der Waals surface area contributed by atoms with Crippen molar-refractivity contribution in [3.8, 4) is 0 Å². The summed E-state index contributed by atoms with van der Waals surface area (Å²) in [4.78, 5) is 16.6.